The first kappa shape index (κ1) is 39.5. The Morgan fingerprint density at radius 1 is 0.983 bits per heavy atom. The number of piperazine rings is 1. The molecule has 1 unspecified atom stereocenters. The average molecular weight is 799 g/mol. The number of aryl methyl sites for hydroxylation is 1. The van der Waals surface area contributed by atoms with Crippen LogP contribution in [0.15, 0.2) is 71.5 Å². The minimum atomic E-state index is -0.630. The maximum Gasteiger partial charge on any atom is 0.293 e. The molecule has 3 amide bonds. The van der Waals surface area contributed by atoms with E-state index in [0.717, 1.165) is 83.0 Å². The number of nitrogens with one attached hydrogen (secondary N) is 3. The standard InChI is InChI=1S/C44H47FN10O4/c1-25-20-28(7-10-31(25)26(2)48-42(58)40-50-43(59-53-40)44(3,4)5)38-34-22-30(24-47-39(34)52-51-38)29-8-12-36(46-23-29)55-18-16-54(17-19-55)15-14-27-6-9-32(35(45)21-27)33-11-13-37(56)49-41(33)57/h6-10,12,20-24,26,33H,11,13-19H2,1-5H3,(H,48,58)(H,47,51,52)(H,49,56,57)/t26-,33?/m1/s1. The summed E-state index contributed by atoms with van der Waals surface area (Å²) in [6, 6.07) is 17.1. The third kappa shape index (κ3) is 8.46. The van der Waals surface area contributed by atoms with E-state index in [9.17, 15) is 14.4 Å². The van der Waals surface area contributed by atoms with Crippen molar-refractivity contribution in [2.24, 2.45) is 0 Å². The molecule has 6 aromatic rings. The summed E-state index contributed by atoms with van der Waals surface area (Å²) in [5, 5.41) is 17.7. The van der Waals surface area contributed by atoms with E-state index in [-0.39, 0.29) is 29.6 Å². The predicted molar refractivity (Wildman–Crippen MR) is 220 cm³/mol. The number of hydrogen-bond acceptors (Lipinski definition) is 11. The Morgan fingerprint density at radius 2 is 1.76 bits per heavy atom. The van der Waals surface area contributed by atoms with Crippen molar-refractivity contribution >= 4 is 34.6 Å². The van der Waals surface area contributed by atoms with Crippen LogP contribution < -0.4 is 15.5 Å². The third-order valence-electron chi connectivity index (χ3n) is 11.2. The van der Waals surface area contributed by atoms with E-state index in [1.807, 2.05) is 71.3 Å². The van der Waals surface area contributed by atoms with E-state index >= 15 is 4.39 Å². The SMILES string of the molecule is Cc1cc(-c2[nH]nc3ncc(-c4ccc(N5CCN(CCc6ccc(C7CCC(=O)NC7=O)c(F)c6)CC5)nc4)cc23)ccc1[C@@H](C)NC(=O)c1noc(C(C)(C)C)n1. The molecule has 0 bridgehead atoms. The van der Waals surface area contributed by atoms with Crippen LogP contribution in [0.4, 0.5) is 10.2 Å². The number of imide groups is 1. The van der Waals surface area contributed by atoms with Gasteiger partial charge >= 0.3 is 0 Å². The second-order valence-corrected chi connectivity index (χ2v) is 16.5. The van der Waals surface area contributed by atoms with Gasteiger partial charge in [-0.2, -0.15) is 10.1 Å². The number of fused-ring (bicyclic) bond motifs is 1. The average Bonchev–Trinajstić information content (AvgIpc) is 3.90. The van der Waals surface area contributed by atoms with Crippen LogP contribution in [0.2, 0.25) is 0 Å². The number of amides is 3. The van der Waals surface area contributed by atoms with E-state index in [0.29, 0.717) is 29.9 Å². The maximum absolute atomic E-state index is 15.0. The number of hydrogen-bond donors (Lipinski definition) is 3. The smallest absolute Gasteiger partial charge is 0.293 e. The van der Waals surface area contributed by atoms with Crippen molar-refractivity contribution in [2.75, 3.05) is 37.6 Å². The summed E-state index contributed by atoms with van der Waals surface area (Å²) in [7, 11) is 0. The van der Waals surface area contributed by atoms with Crippen molar-refractivity contribution in [3.8, 4) is 22.4 Å². The van der Waals surface area contributed by atoms with Gasteiger partial charge in [0.2, 0.25) is 17.7 Å². The highest BCUT2D eigenvalue weighted by atomic mass is 19.1. The Balaban J connectivity index is 0.870. The minimum Gasteiger partial charge on any atom is -0.354 e. The van der Waals surface area contributed by atoms with Crippen LogP contribution in [0.3, 0.4) is 0 Å². The molecule has 2 aromatic carbocycles. The van der Waals surface area contributed by atoms with Gasteiger partial charge < -0.3 is 14.7 Å². The first-order chi connectivity index (χ1) is 28.3. The van der Waals surface area contributed by atoms with Crippen molar-refractivity contribution in [2.45, 2.75) is 71.3 Å². The van der Waals surface area contributed by atoms with Crippen molar-refractivity contribution in [3.63, 3.8) is 0 Å². The molecule has 4 aromatic heterocycles. The summed E-state index contributed by atoms with van der Waals surface area (Å²) in [6.45, 7) is 13.9. The summed E-state index contributed by atoms with van der Waals surface area (Å²) >= 11 is 0. The molecule has 2 aliphatic rings. The van der Waals surface area contributed by atoms with Crippen LogP contribution in [0, 0.1) is 12.7 Å². The van der Waals surface area contributed by atoms with Gasteiger partial charge in [-0.25, -0.2) is 14.4 Å². The summed E-state index contributed by atoms with van der Waals surface area (Å²) < 4.78 is 20.3. The number of piperidine rings is 1. The quantitative estimate of drug-likeness (QED) is 0.135. The van der Waals surface area contributed by atoms with Gasteiger partial charge in [0.25, 0.3) is 11.7 Å². The number of nitrogens with zero attached hydrogens (tertiary/aromatic N) is 7. The van der Waals surface area contributed by atoms with Gasteiger partial charge in [0.15, 0.2) is 5.65 Å². The molecule has 3 N–H and O–H groups in total. The number of pyridine rings is 2. The first-order valence-electron chi connectivity index (χ1n) is 20.0. The molecule has 2 atom stereocenters. The molecule has 0 radical (unpaired) electrons. The van der Waals surface area contributed by atoms with Crippen LogP contribution in [0.25, 0.3) is 33.4 Å². The zero-order valence-corrected chi connectivity index (χ0v) is 33.8. The van der Waals surface area contributed by atoms with Gasteiger partial charge in [0, 0.05) is 84.6 Å². The normalized spacial score (nSPS) is 17.0. The molecule has 0 aliphatic carbocycles. The van der Waals surface area contributed by atoms with Crippen molar-refractivity contribution in [1.29, 1.82) is 0 Å². The number of carbonyl (C=O) groups is 3. The number of carbonyl (C=O) groups excluding carboxylic acids is 3. The maximum atomic E-state index is 15.0. The van der Waals surface area contributed by atoms with Gasteiger partial charge in [-0.3, -0.25) is 29.7 Å². The molecule has 2 fully saturated rings. The molecular formula is C44H47FN10O4. The van der Waals surface area contributed by atoms with Gasteiger partial charge in [-0.05, 0) is 73.7 Å². The van der Waals surface area contributed by atoms with E-state index < -0.39 is 23.5 Å². The summed E-state index contributed by atoms with van der Waals surface area (Å²) in [4.78, 5) is 55.0. The number of halogens is 1. The lowest BCUT2D eigenvalue weighted by atomic mass is 9.89. The minimum absolute atomic E-state index is 0.00845. The van der Waals surface area contributed by atoms with Gasteiger partial charge in [-0.1, -0.05) is 50.2 Å². The number of anilines is 1. The molecule has 2 aliphatic heterocycles. The molecule has 304 valence electrons. The van der Waals surface area contributed by atoms with E-state index in [1.54, 1.807) is 6.07 Å². The summed E-state index contributed by atoms with van der Waals surface area (Å²) in [5.74, 6) is -0.841. The van der Waals surface area contributed by atoms with Gasteiger partial charge in [0.05, 0.1) is 17.7 Å². The van der Waals surface area contributed by atoms with Crippen molar-refractivity contribution < 1.29 is 23.3 Å². The molecule has 14 nitrogen and oxygen atoms in total. The molecule has 0 spiro atoms. The molecule has 0 saturated carbocycles. The second-order valence-electron chi connectivity index (χ2n) is 16.5. The summed E-state index contributed by atoms with van der Waals surface area (Å²) in [5.41, 5.74) is 7.10. The third-order valence-corrected chi connectivity index (χ3v) is 11.2. The lowest BCUT2D eigenvalue weighted by Crippen LogP contribution is -2.47. The van der Waals surface area contributed by atoms with Crippen molar-refractivity contribution in [3.05, 3.63) is 107 Å². The van der Waals surface area contributed by atoms with Crippen LogP contribution in [-0.4, -0.2) is 85.7 Å². The zero-order valence-electron chi connectivity index (χ0n) is 33.8. The largest absolute Gasteiger partial charge is 0.354 e. The fourth-order valence-corrected chi connectivity index (χ4v) is 7.78. The van der Waals surface area contributed by atoms with Crippen LogP contribution in [0.5, 0.6) is 0 Å². The van der Waals surface area contributed by atoms with Crippen LogP contribution in [0.1, 0.15) is 91.3 Å². The van der Waals surface area contributed by atoms with Crippen LogP contribution >= 0.6 is 0 Å². The number of aromatic nitrogens is 6. The Kier molecular flexibility index (Phi) is 10.8. The van der Waals surface area contributed by atoms with E-state index in [4.69, 9.17) is 9.51 Å². The fourth-order valence-electron chi connectivity index (χ4n) is 7.78. The Hall–Kier alpha value is -6.35. The molecule has 2 saturated heterocycles. The number of benzene rings is 2. The van der Waals surface area contributed by atoms with Gasteiger partial charge in [0.1, 0.15) is 11.6 Å². The first-order valence-corrected chi connectivity index (χ1v) is 20.0. The van der Waals surface area contributed by atoms with Gasteiger partial charge in [-0.15, -0.1) is 0 Å². The van der Waals surface area contributed by atoms with E-state index in [1.165, 1.54) is 6.07 Å². The van der Waals surface area contributed by atoms with Crippen LogP contribution in [-0.2, 0) is 21.4 Å². The Morgan fingerprint density at radius 3 is 2.46 bits per heavy atom. The highest BCUT2D eigenvalue weighted by molar-refractivity contribution is 6.01. The zero-order chi connectivity index (χ0) is 41.4. The molecule has 8 rings (SSSR count). The van der Waals surface area contributed by atoms with E-state index in [2.05, 4.69) is 64.0 Å². The number of aromatic amines is 1. The summed E-state index contributed by atoms with van der Waals surface area (Å²) in [6.07, 6.45) is 4.93. The highest BCUT2D eigenvalue weighted by Gasteiger charge is 2.30. The molecular weight excluding hydrogens is 752 g/mol. The Labute approximate surface area is 341 Å². The van der Waals surface area contributed by atoms with Crippen molar-refractivity contribution in [1.82, 2.24) is 45.8 Å². The highest BCUT2D eigenvalue weighted by Crippen LogP contribution is 2.32. The predicted octanol–water partition coefficient (Wildman–Crippen LogP) is 6.19. The molecule has 59 heavy (non-hydrogen) atoms. The molecule has 15 heteroatoms. The number of rotatable bonds is 10. The fraction of sp³-hybridized carbons (Fsp3) is 0.364. The number of H-pyrrole nitrogens is 1. The second kappa shape index (κ2) is 16.1. The lowest BCUT2D eigenvalue weighted by Gasteiger charge is -2.35. The molecule has 6 heterocycles. The monoisotopic (exact) mass is 798 g/mol. The topological polar surface area (TPSA) is 175 Å². The lowest BCUT2D eigenvalue weighted by molar-refractivity contribution is -0.134. The Bertz CT molecular complexity index is 2540.